The number of ether oxygens (including phenoxy) is 1. The van der Waals surface area contributed by atoms with Gasteiger partial charge in [0.05, 0.1) is 12.6 Å². The van der Waals surface area contributed by atoms with Crippen LogP contribution >= 0.6 is 0 Å². The summed E-state index contributed by atoms with van der Waals surface area (Å²) in [6.45, 7) is 11.0. The molecule has 7 heteroatoms. The summed E-state index contributed by atoms with van der Waals surface area (Å²) in [5, 5.41) is 5.44. The molecule has 0 saturated carbocycles. The van der Waals surface area contributed by atoms with Crippen molar-refractivity contribution in [2.45, 2.75) is 66.1 Å². The lowest BCUT2D eigenvalue weighted by atomic mass is 9.86. The van der Waals surface area contributed by atoms with Crippen LogP contribution in [0.4, 0.5) is 0 Å². The Labute approximate surface area is 173 Å². The van der Waals surface area contributed by atoms with Crippen LogP contribution in [-0.2, 0) is 25.5 Å². The maximum atomic E-state index is 12.9. The molecule has 7 nitrogen and oxygen atoms in total. The quantitative estimate of drug-likeness (QED) is 0.543. The van der Waals surface area contributed by atoms with Crippen LogP contribution in [0.15, 0.2) is 30.3 Å². The molecule has 0 radical (unpaired) electrons. The van der Waals surface area contributed by atoms with E-state index < -0.39 is 41.3 Å². The molecule has 0 aliphatic rings. The molecule has 162 valence electrons. The summed E-state index contributed by atoms with van der Waals surface area (Å²) in [7, 11) is 0. The fourth-order valence-electron chi connectivity index (χ4n) is 2.84. The number of carbonyl (C=O) groups excluding carboxylic acids is 3. The highest BCUT2D eigenvalue weighted by Gasteiger charge is 2.34. The van der Waals surface area contributed by atoms with E-state index in [1.165, 1.54) is 0 Å². The minimum atomic E-state index is -0.840. The van der Waals surface area contributed by atoms with Gasteiger partial charge in [0.2, 0.25) is 11.8 Å². The number of hydrogen-bond donors (Lipinski definition) is 3. The number of hydrogen-bond acceptors (Lipinski definition) is 5. The summed E-state index contributed by atoms with van der Waals surface area (Å²) in [4.78, 5) is 37.5. The zero-order chi connectivity index (χ0) is 22.2. The molecule has 0 saturated heterocycles. The lowest BCUT2D eigenvalue weighted by Gasteiger charge is -2.30. The van der Waals surface area contributed by atoms with Crippen LogP contribution in [0.1, 0.15) is 47.1 Å². The number of rotatable bonds is 9. The van der Waals surface area contributed by atoms with E-state index in [4.69, 9.17) is 10.5 Å². The van der Waals surface area contributed by atoms with Gasteiger partial charge in [-0.05, 0) is 37.2 Å². The number of nitrogens with one attached hydrogen (secondary N) is 2. The predicted octanol–water partition coefficient (Wildman–Crippen LogP) is 1.79. The summed E-state index contributed by atoms with van der Waals surface area (Å²) >= 11 is 0. The lowest BCUT2D eigenvalue weighted by molar-refractivity contribution is -0.147. The molecule has 0 bridgehead atoms. The Kier molecular flexibility index (Phi) is 9.30. The van der Waals surface area contributed by atoms with Gasteiger partial charge in [0, 0.05) is 0 Å². The van der Waals surface area contributed by atoms with Gasteiger partial charge < -0.3 is 21.1 Å². The van der Waals surface area contributed by atoms with Crippen molar-refractivity contribution < 1.29 is 19.1 Å². The number of amides is 2. The normalized spacial score (nSPS) is 15.6. The smallest absolute Gasteiger partial charge is 0.328 e. The van der Waals surface area contributed by atoms with Crippen molar-refractivity contribution in [1.82, 2.24) is 10.6 Å². The molecule has 0 aliphatic heterocycles. The van der Waals surface area contributed by atoms with E-state index in [9.17, 15) is 14.4 Å². The summed E-state index contributed by atoms with van der Waals surface area (Å²) < 4.78 is 4.94. The Hall–Kier alpha value is -2.41. The van der Waals surface area contributed by atoms with E-state index in [1.807, 2.05) is 58.0 Å². The third kappa shape index (κ3) is 7.85. The largest absolute Gasteiger partial charge is 0.464 e. The van der Waals surface area contributed by atoms with Crippen LogP contribution < -0.4 is 16.4 Å². The van der Waals surface area contributed by atoms with Gasteiger partial charge in [-0.3, -0.25) is 9.59 Å². The number of carbonyl (C=O) groups is 3. The van der Waals surface area contributed by atoms with Crippen molar-refractivity contribution in [3.63, 3.8) is 0 Å². The lowest BCUT2D eigenvalue weighted by Crippen LogP contribution is -2.58. The first kappa shape index (κ1) is 24.6. The van der Waals surface area contributed by atoms with Crippen LogP contribution in [-0.4, -0.2) is 42.5 Å². The molecule has 2 amide bonds. The fourth-order valence-corrected chi connectivity index (χ4v) is 2.84. The van der Waals surface area contributed by atoms with Crippen LogP contribution in [0.2, 0.25) is 0 Å². The van der Waals surface area contributed by atoms with Crippen molar-refractivity contribution >= 4 is 17.8 Å². The molecule has 0 aromatic heterocycles. The molecule has 0 spiro atoms. The SMILES string of the molecule is CCOC(=O)[C@H](C)NC(=O)[C@@H](NC(=O)[C@@H](N)C(C)(C)C)[C@@H](C)Cc1ccccc1. The Bertz CT molecular complexity index is 685. The van der Waals surface area contributed by atoms with E-state index in [2.05, 4.69) is 10.6 Å². The Morgan fingerprint density at radius 2 is 1.62 bits per heavy atom. The van der Waals surface area contributed by atoms with Gasteiger partial charge in [-0.2, -0.15) is 0 Å². The van der Waals surface area contributed by atoms with Gasteiger partial charge in [0.15, 0.2) is 0 Å². The minimum Gasteiger partial charge on any atom is -0.464 e. The molecule has 1 rings (SSSR count). The maximum absolute atomic E-state index is 12.9. The fraction of sp³-hybridized carbons (Fsp3) is 0.591. The zero-order valence-electron chi connectivity index (χ0n) is 18.3. The summed E-state index contributed by atoms with van der Waals surface area (Å²) in [5.74, 6) is -1.58. The first-order chi connectivity index (χ1) is 13.5. The highest BCUT2D eigenvalue weighted by molar-refractivity contribution is 5.92. The molecule has 1 aromatic rings. The van der Waals surface area contributed by atoms with Crippen LogP contribution in [0.25, 0.3) is 0 Å². The maximum Gasteiger partial charge on any atom is 0.328 e. The topological polar surface area (TPSA) is 111 Å². The second-order valence-electron chi connectivity index (χ2n) is 8.48. The highest BCUT2D eigenvalue weighted by Crippen LogP contribution is 2.19. The van der Waals surface area contributed by atoms with Crippen molar-refractivity contribution in [2.75, 3.05) is 6.61 Å². The molecule has 29 heavy (non-hydrogen) atoms. The van der Waals surface area contributed by atoms with Gasteiger partial charge in [-0.15, -0.1) is 0 Å². The number of esters is 1. The summed E-state index contributed by atoms with van der Waals surface area (Å²) in [6, 6.07) is 7.27. The van der Waals surface area contributed by atoms with Gasteiger partial charge in [0.1, 0.15) is 12.1 Å². The molecule has 4 atom stereocenters. The third-order valence-corrected chi connectivity index (χ3v) is 4.76. The number of benzene rings is 1. The van der Waals surface area contributed by atoms with E-state index in [0.29, 0.717) is 6.42 Å². The third-order valence-electron chi connectivity index (χ3n) is 4.76. The molecule has 0 aliphatic carbocycles. The van der Waals surface area contributed by atoms with Crippen molar-refractivity contribution in [3.8, 4) is 0 Å². The molecule has 4 N–H and O–H groups in total. The average Bonchev–Trinajstić information content (AvgIpc) is 2.65. The zero-order valence-corrected chi connectivity index (χ0v) is 18.3. The van der Waals surface area contributed by atoms with Gasteiger partial charge >= 0.3 is 5.97 Å². The van der Waals surface area contributed by atoms with Gasteiger partial charge in [0.25, 0.3) is 0 Å². The Morgan fingerprint density at radius 1 is 1.03 bits per heavy atom. The van der Waals surface area contributed by atoms with Crippen LogP contribution in [0.5, 0.6) is 0 Å². The standard InChI is InChI=1S/C22H35N3O4/c1-7-29-21(28)15(3)24-19(26)17(25-20(27)18(23)22(4,5)6)14(2)13-16-11-9-8-10-12-16/h8-12,14-15,17-18H,7,13,23H2,1-6H3,(H,24,26)(H,25,27)/t14-,15-,17-,18+/m0/s1. The first-order valence-electron chi connectivity index (χ1n) is 10.0. The molecule has 1 aromatic carbocycles. The second kappa shape index (κ2) is 11.0. The first-order valence-corrected chi connectivity index (χ1v) is 10.0. The van der Waals surface area contributed by atoms with Crippen molar-refractivity contribution in [3.05, 3.63) is 35.9 Å². The highest BCUT2D eigenvalue weighted by atomic mass is 16.5. The molecule has 0 fully saturated rings. The van der Waals surface area contributed by atoms with Gasteiger partial charge in [-0.25, -0.2) is 4.79 Å². The van der Waals surface area contributed by atoms with Crippen LogP contribution in [0.3, 0.4) is 0 Å². The van der Waals surface area contributed by atoms with Crippen molar-refractivity contribution in [1.29, 1.82) is 0 Å². The van der Waals surface area contributed by atoms with E-state index in [-0.39, 0.29) is 12.5 Å². The molecule has 0 unspecified atom stereocenters. The van der Waals surface area contributed by atoms with Gasteiger partial charge in [-0.1, -0.05) is 58.0 Å². The summed E-state index contributed by atoms with van der Waals surface area (Å²) in [5.41, 5.74) is 6.66. The Balaban J connectivity index is 2.98. The van der Waals surface area contributed by atoms with Crippen molar-refractivity contribution in [2.24, 2.45) is 17.1 Å². The average molecular weight is 406 g/mol. The second-order valence-corrected chi connectivity index (χ2v) is 8.48. The van der Waals surface area contributed by atoms with E-state index in [0.717, 1.165) is 5.56 Å². The minimum absolute atomic E-state index is 0.220. The predicted molar refractivity (Wildman–Crippen MR) is 113 cm³/mol. The summed E-state index contributed by atoms with van der Waals surface area (Å²) in [6.07, 6.45) is 0.581. The molecular formula is C22H35N3O4. The molecule has 0 heterocycles. The molecular weight excluding hydrogens is 370 g/mol. The van der Waals surface area contributed by atoms with E-state index in [1.54, 1.807) is 13.8 Å². The van der Waals surface area contributed by atoms with E-state index >= 15 is 0 Å². The number of nitrogens with two attached hydrogens (primary N) is 1. The monoisotopic (exact) mass is 405 g/mol. The van der Waals surface area contributed by atoms with Crippen LogP contribution in [0, 0.1) is 11.3 Å². The Morgan fingerprint density at radius 3 is 2.14 bits per heavy atom.